The van der Waals surface area contributed by atoms with Crippen LogP contribution in [0.15, 0.2) is 17.0 Å². The number of benzene rings is 1. The summed E-state index contributed by atoms with van der Waals surface area (Å²) < 4.78 is 23.7. The number of phenols is 1. The molecule has 0 amide bonds. The molecule has 0 spiro atoms. The third kappa shape index (κ3) is 2.78. The maximum atomic E-state index is 11.9. The van der Waals surface area contributed by atoms with Crippen molar-refractivity contribution in [2.24, 2.45) is 5.92 Å². The fraction of sp³-hybridized carbons (Fsp3) is 0.462. The highest BCUT2D eigenvalue weighted by molar-refractivity contribution is 7.90. The predicted molar refractivity (Wildman–Crippen MR) is 72.4 cm³/mol. The Hall–Kier alpha value is -1.60. The van der Waals surface area contributed by atoms with Crippen LogP contribution in [0.1, 0.15) is 23.6 Å². The fourth-order valence-electron chi connectivity index (χ4n) is 2.44. The molecule has 1 aromatic carbocycles. The average molecular weight is 299 g/mol. The van der Waals surface area contributed by atoms with Gasteiger partial charge in [-0.05, 0) is 36.6 Å². The third-order valence-corrected chi connectivity index (χ3v) is 4.74. The Labute approximate surface area is 117 Å². The van der Waals surface area contributed by atoms with Gasteiger partial charge in [-0.1, -0.05) is 0 Å². The highest BCUT2D eigenvalue weighted by atomic mass is 32.2. The van der Waals surface area contributed by atoms with Crippen molar-refractivity contribution < 1.29 is 23.4 Å². The first-order valence-electron chi connectivity index (χ1n) is 6.20. The molecule has 20 heavy (non-hydrogen) atoms. The van der Waals surface area contributed by atoms with Crippen molar-refractivity contribution in [1.29, 1.82) is 0 Å². The summed E-state index contributed by atoms with van der Waals surface area (Å²) in [4.78, 5) is 11.1. The zero-order valence-electron chi connectivity index (χ0n) is 11.3. The standard InChI is InChI=1S/C13H17NO5S/c1-7-3-12(20(2,18)19)9(5-11(7)15)10-4-8(6-14-10)13(16)17/h3,5,8,10,14-15H,4,6H2,1-2H3,(H,16,17). The number of hydrogen-bond acceptors (Lipinski definition) is 5. The normalized spacial score (nSPS) is 22.9. The number of aromatic hydroxyl groups is 1. The number of carboxylic acid groups (broad SMARTS) is 1. The van der Waals surface area contributed by atoms with E-state index < -0.39 is 21.7 Å². The number of nitrogens with one attached hydrogen (secondary N) is 1. The van der Waals surface area contributed by atoms with Gasteiger partial charge in [-0.2, -0.15) is 0 Å². The second-order valence-corrected chi connectivity index (χ2v) is 7.16. The van der Waals surface area contributed by atoms with Crippen molar-refractivity contribution in [3.63, 3.8) is 0 Å². The van der Waals surface area contributed by atoms with Crippen LogP contribution in [-0.4, -0.2) is 37.4 Å². The lowest BCUT2D eigenvalue weighted by atomic mass is 9.99. The smallest absolute Gasteiger partial charge is 0.307 e. The number of aryl methyl sites for hydroxylation is 1. The molecule has 7 heteroatoms. The fourth-order valence-corrected chi connectivity index (χ4v) is 3.46. The third-order valence-electron chi connectivity index (χ3n) is 3.58. The van der Waals surface area contributed by atoms with Crippen molar-refractivity contribution in [1.82, 2.24) is 5.32 Å². The molecule has 1 fully saturated rings. The van der Waals surface area contributed by atoms with Gasteiger partial charge in [0.25, 0.3) is 0 Å². The summed E-state index contributed by atoms with van der Waals surface area (Å²) in [5.41, 5.74) is 0.904. The summed E-state index contributed by atoms with van der Waals surface area (Å²) in [5.74, 6) is -1.44. The van der Waals surface area contributed by atoms with E-state index in [1.165, 1.54) is 12.1 Å². The van der Waals surface area contributed by atoms with Gasteiger partial charge in [-0.15, -0.1) is 0 Å². The maximum Gasteiger partial charge on any atom is 0.307 e. The van der Waals surface area contributed by atoms with Crippen LogP contribution >= 0.6 is 0 Å². The lowest BCUT2D eigenvalue weighted by Crippen LogP contribution is -2.18. The van der Waals surface area contributed by atoms with Gasteiger partial charge in [-0.3, -0.25) is 4.79 Å². The Morgan fingerprint density at radius 2 is 2.05 bits per heavy atom. The second kappa shape index (κ2) is 5.06. The van der Waals surface area contributed by atoms with Gasteiger partial charge in [-0.25, -0.2) is 8.42 Å². The van der Waals surface area contributed by atoms with Crippen LogP contribution in [0.5, 0.6) is 5.75 Å². The molecule has 0 aromatic heterocycles. The zero-order valence-corrected chi connectivity index (χ0v) is 12.1. The molecule has 0 aliphatic carbocycles. The summed E-state index contributed by atoms with van der Waals surface area (Å²) in [6.07, 6.45) is 1.41. The van der Waals surface area contributed by atoms with Gasteiger partial charge in [0, 0.05) is 18.8 Å². The molecule has 0 radical (unpaired) electrons. The lowest BCUT2D eigenvalue weighted by molar-refractivity contribution is -0.141. The zero-order chi connectivity index (χ0) is 15.1. The van der Waals surface area contributed by atoms with Crippen LogP contribution in [-0.2, 0) is 14.6 Å². The first kappa shape index (κ1) is 14.8. The largest absolute Gasteiger partial charge is 0.508 e. The second-order valence-electron chi connectivity index (χ2n) is 5.18. The molecular formula is C13H17NO5S. The SMILES string of the molecule is Cc1cc(S(C)(=O)=O)c(C2CC(C(=O)O)CN2)cc1O. The Bertz CT molecular complexity index is 653. The molecule has 1 heterocycles. The van der Waals surface area contributed by atoms with Crippen LogP contribution < -0.4 is 5.32 Å². The molecule has 2 rings (SSSR count). The average Bonchev–Trinajstić information content (AvgIpc) is 2.80. The minimum atomic E-state index is -3.45. The molecule has 0 bridgehead atoms. The topological polar surface area (TPSA) is 104 Å². The number of aliphatic carboxylic acids is 1. The number of sulfone groups is 1. The molecule has 2 unspecified atom stereocenters. The minimum absolute atomic E-state index is 0.00738. The highest BCUT2D eigenvalue weighted by Crippen LogP contribution is 2.35. The van der Waals surface area contributed by atoms with E-state index in [-0.39, 0.29) is 23.2 Å². The Balaban J connectivity index is 2.47. The highest BCUT2D eigenvalue weighted by Gasteiger charge is 2.33. The summed E-state index contributed by atoms with van der Waals surface area (Å²) >= 11 is 0. The number of carbonyl (C=O) groups is 1. The summed E-state index contributed by atoms with van der Waals surface area (Å²) in [6.45, 7) is 1.91. The van der Waals surface area contributed by atoms with Gasteiger partial charge in [0.2, 0.25) is 0 Å². The van der Waals surface area contributed by atoms with E-state index in [1.54, 1.807) is 6.92 Å². The molecule has 3 N–H and O–H groups in total. The molecule has 2 atom stereocenters. The van der Waals surface area contributed by atoms with Gasteiger partial charge in [0.1, 0.15) is 5.75 Å². The van der Waals surface area contributed by atoms with E-state index in [9.17, 15) is 18.3 Å². The Morgan fingerprint density at radius 3 is 2.55 bits per heavy atom. The molecule has 110 valence electrons. The quantitative estimate of drug-likeness (QED) is 0.764. The maximum absolute atomic E-state index is 11.9. The number of carboxylic acids is 1. The van der Waals surface area contributed by atoms with E-state index in [0.717, 1.165) is 6.26 Å². The van der Waals surface area contributed by atoms with Crippen molar-refractivity contribution in [2.45, 2.75) is 24.3 Å². The van der Waals surface area contributed by atoms with Crippen LogP contribution in [0.2, 0.25) is 0 Å². The van der Waals surface area contributed by atoms with E-state index in [4.69, 9.17) is 5.11 Å². The number of hydrogen-bond donors (Lipinski definition) is 3. The van der Waals surface area contributed by atoms with Crippen LogP contribution in [0.25, 0.3) is 0 Å². The minimum Gasteiger partial charge on any atom is -0.508 e. The molecule has 1 aliphatic heterocycles. The molecule has 1 aromatic rings. The van der Waals surface area contributed by atoms with Gasteiger partial charge in [0.15, 0.2) is 9.84 Å². The summed E-state index contributed by atoms with van der Waals surface area (Å²) in [6, 6.07) is 2.45. The van der Waals surface area contributed by atoms with Crippen LogP contribution in [0.3, 0.4) is 0 Å². The van der Waals surface area contributed by atoms with Crippen molar-refractivity contribution in [3.8, 4) is 5.75 Å². The Morgan fingerprint density at radius 1 is 1.40 bits per heavy atom. The first-order valence-corrected chi connectivity index (χ1v) is 8.09. The molecule has 1 aliphatic rings. The van der Waals surface area contributed by atoms with E-state index in [2.05, 4.69) is 5.32 Å². The molecule has 0 saturated carbocycles. The number of phenolic OH excluding ortho intramolecular Hbond substituents is 1. The number of rotatable bonds is 3. The predicted octanol–water partition coefficient (Wildman–Crippen LogP) is 0.839. The molecular weight excluding hydrogens is 282 g/mol. The molecule has 1 saturated heterocycles. The van der Waals surface area contributed by atoms with Crippen molar-refractivity contribution in [3.05, 3.63) is 23.3 Å². The van der Waals surface area contributed by atoms with Crippen LogP contribution in [0, 0.1) is 12.8 Å². The van der Waals surface area contributed by atoms with Gasteiger partial charge >= 0.3 is 5.97 Å². The molecule has 6 nitrogen and oxygen atoms in total. The lowest BCUT2D eigenvalue weighted by Gasteiger charge is -2.16. The van der Waals surface area contributed by atoms with Gasteiger partial charge in [0.05, 0.1) is 10.8 Å². The van der Waals surface area contributed by atoms with Crippen molar-refractivity contribution >= 4 is 15.8 Å². The van der Waals surface area contributed by atoms with Crippen LogP contribution in [0.4, 0.5) is 0 Å². The van der Waals surface area contributed by atoms with E-state index in [0.29, 0.717) is 17.5 Å². The van der Waals surface area contributed by atoms with E-state index >= 15 is 0 Å². The summed E-state index contributed by atoms with van der Waals surface area (Å²) in [5, 5.41) is 21.8. The van der Waals surface area contributed by atoms with Crippen molar-refractivity contribution in [2.75, 3.05) is 12.8 Å². The Kier molecular flexibility index (Phi) is 3.75. The van der Waals surface area contributed by atoms with Gasteiger partial charge < -0.3 is 15.5 Å². The van der Waals surface area contributed by atoms with E-state index in [1.807, 2.05) is 0 Å². The monoisotopic (exact) mass is 299 g/mol. The first-order chi connectivity index (χ1) is 9.20. The summed E-state index contributed by atoms with van der Waals surface area (Å²) in [7, 11) is -3.45.